The van der Waals surface area contributed by atoms with Crippen LogP contribution in [0.15, 0.2) is 66.9 Å². The third kappa shape index (κ3) is 4.60. The van der Waals surface area contributed by atoms with Crippen molar-refractivity contribution in [1.29, 1.82) is 0 Å². The van der Waals surface area contributed by atoms with E-state index in [9.17, 15) is 9.59 Å². The van der Waals surface area contributed by atoms with Crippen molar-refractivity contribution in [3.63, 3.8) is 0 Å². The quantitative estimate of drug-likeness (QED) is 0.441. The van der Waals surface area contributed by atoms with E-state index in [0.717, 1.165) is 38.9 Å². The highest BCUT2D eigenvalue weighted by Crippen LogP contribution is 2.23. The first-order valence-corrected chi connectivity index (χ1v) is 10.8. The zero-order chi connectivity index (χ0) is 23.5. The molecule has 2 N–H and O–H groups in total. The Kier molecular flexibility index (Phi) is 6.18. The Morgan fingerprint density at radius 1 is 0.879 bits per heavy atom. The van der Waals surface area contributed by atoms with Gasteiger partial charge in [-0.1, -0.05) is 48.0 Å². The van der Waals surface area contributed by atoms with Crippen LogP contribution in [0, 0.1) is 20.8 Å². The molecule has 1 aromatic heterocycles. The monoisotopic (exact) mass is 441 g/mol. The molecule has 0 atom stereocenters. The van der Waals surface area contributed by atoms with Gasteiger partial charge in [0.1, 0.15) is 5.75 Å². The standard InChI is InChI=1S/C27H27N3O3/c1-17-13-18(2)25(19(3)14-17)27(32)29-28-26(31)23-16-30(24-8-6-5-7-22(23)24)15-20-9-11-21(33-4)12-10-20/h5-14,16H,15H2,1-4H3,(H,28,31)(H,29,32). The predicted octanol–water partition coefficient (Wildman–Crippen LogP) is 4.70. The lowest BCUT2D eigenvalue weighted by Crippen LogP contribution is -2.42. The number of para-hydroxylation sites is 1. The van der Waals surface area contributed by atoms with Crippen LogP contribution in [0.5, 0.6) is 5.75 Å². The lowest BCUT2D eigenvalue weighted by molar-refractivity contribution is 0.0846. The number of aryl methyl sites for hydroxylation is 3. The zero-order valence-corrected chi connectivity index (χ0v) is 19.2. The summed E-state index contributed by atoms with van der Waals surface area (Å²) in [5.74, 6) is 0.0988. The van der Waals surface area contributed by atoms with Crippen LogP contribution >= 0.6 is 0 Å². The summed E-state index contributed by atoms with van der Waals surface area (Å²) in [6.45, 7) is 6.38. The number of hydrogen-bond donors (Lipinski definition) is 2. The highest BCUT2D eigenvalue weighted by atomic mass is 16.5. The minimum Gasteiger partial charge on any atom is -0.497 e. The molecule has 2 amide bonds. The first kappa shape index (κ1) is 22.1. The molecule has 4 aromatic rings. The maximum Gasteiger partial charge on any atom is 0.271 e. The maximum absolute atomic E-state index is 13.0. The molecule has 0 saturated carbocycles. The first-order valence-electron chi connectivity index (χ1n) is 10.8. The highest BCUT2D eigenvalue weighted by molar-refractivity contribution is 6.08. The molecule has 0 bridgehead atoms. The largest absolute Gasteiger partial charge is 0.497 e. The minimum atomic E-state index is -0.365. The van der Waals surface area contributed by atoms with Gasteiger partial charge in [-0.25, -0.2) is 0 Å². The smallest absolute Gasteiger partial charge is 0.271 e. The maximum atomic E-state index is 13.0. The number of amides is 2. The van der Waals surface area contributed by atoms with Crippen molar-refractivity contribution in [1.82, 2.24) is 15.4 Å². The van der Waals surface area contributed by atoms with Crippen LogP contribution in [0.1, 0.15) is 43.0 Å². The first-order chi connectivity index (χ1) is 15.9. The van der Waals surface area contributed by atoms with Crippen molar-refractivity contribution in [3.8, 4) is 5.75 Å². The van der Waals surface area contributed by atoms with E-state index in [2.05, 4.69) is 10.9 Å². The molecule has 33 heavy (non-hydrogen) atoms. The second-order valence-electron chi connectivity index (χ2n) is 8.22. The molecular formula is C27H27N3O3. The average Bonchev–Trinajstić information content (AvgIpc) is 3.16. The molecule has 6 heteroatoms. The third-order valence-electron chi connectivity index (χ3n) is 5.74. The molecule has 0 aliphatic rings. The fourth-order valence-corrected chi connectivity index (χ4v) is 4.27. The van der Waals surface area contributed by atoms with Crippen LogP contribution in [-0.4, -0.2) is 23.5 Å². The average molecular weight is 442 g/mol. The van der Waals surface area contributed by atoms with Gasteiger partial charge in [-0.15, -0.1) is 0 Å². The summed E-state index contributed by atoms with van der Waals surface area (Å²) in [6.07, 6.45) is 1.82. The second-order valence-corrected chi connectivity index (χ2v) is 8.22. The minimum absolute atomic E-state index is 0.333. The van der Waals surface area contributed by atoms with Gasteiger partial charge in [0.2, 0.25) is 0 Å². The summed E-state index contributed by atoms with van der Waals surface area (Å²) < 4.78 is 7.26. The van der Waals surface area contributed by atoms with Crippen molar-refractivity contribution in [3.05, 3.63) is 100 Å². The van der Waals surface area contributed by atoms with Crippen LogP contribution in [0.3, 0.4) is 0 Å². The number of hydrazine groups is 1. The molecule has 3 aromatic carbocycles. The summed E-state index contributed by atoms with van der Waals surface area (Å²) in [6, 6.07) is 19.5. The second kappa shape index (κ2) is 9.20. The van der Waals surface area contributed by atoms with E-state index >= 15 is 0 Å². The van der Waals surface area contributed by atoms with E-state index in [1.807, 2.05) is 92.2 Å². The Morgan fingerprint density at radius 3 is 2.18 bits per heavy atom. The molecule has 0 saturated heterocycles. The van der Waals surface area contributed by atoms with Crippen LogP contribution in [-0.2, 0) is 6.54 Å². The molecule has 0 fully saturated rings. The van der Waals surface area contributed by atoms with Crippen LogP contribution in [0.25, 0.3) is 10.9 Å². The summed E-state index contributed by atoms with van der Waals surface area (Å²) in [4.78, 5) is 25.8. The Morgan fingerprint density at radius 2 is 1.52 bits per heavy atom. The van der Waals surface area contributed by atoms with Gasteiger partial charge in [0, 0.05) is 29.2 Å². The number of carbonyl (C=O) groups is 2. The lowest BCUT2D eigenvalue weighted by Gasteiger charge is -2.12. The fraction of sp³-hybridized carbons (Fsp3) is 0.185. The van der Waals surface area contributed by atoms with Gasteiger partial charge < -0.3 is 9.30 Å². The van der Waals surface area contributed by atoms with Crippen LogP contribution < -0.4 is 15.6 Å². The SMILES string of the molecule is COc1ccc(Cn2cc(C(=O)NNC(=O)c3c(C)cc(C)cc3C)c3ccccc32)cc1. The number of hydrogen-bond acceptors (Lipinski definition) is 3. The number of fused-ring (bicyclic) bond motifs is 1. The van der Waals surface area contributed by atoms with Gasteiger partial charge in [-0.2, -0.15) is 0 Å². The van der Waals surface area contributed by atoms with Crippen LogP contribution in [0.2, 0.25) is 0 Å². The molecule has 0 unspecified atom stereocenters. The Labute approximate surface area is 193 Å². The summed E-state index contributed by atoms with van der Waals surface area (Å²) >= 11 is 0. The molecule has 0 aliphatic carbocycles. The van der Waals surface area contributed by atoms with Crippen molar-refractivity contribution >= 4 is 22.7 Å². The van der Waals surface area contributed by atoms with E-state index in [1.54, 1.807) is 7.11 Å². The number of carbonyl (C=O) groups excluding carboxylic acids is 2. The number of nitrogens with one attached hydrogen (secondary N) is 2. The number of aromatic nitrogens is 1. The van der Waals surface area contributed by atoms with Crippen molar-refractivity contribution in [2.45, 2.75) is 27.3 Å². The Bertz CT molecular complexity index is 1310. The van der Waals surface area contributed by atoms with Gasteiger partial charge >= 0.3 is 0 Å². The van der Waals surface area contributed by atoms with Gasteiger partial charge in [-0.3, -0.25) is 20.4 Å². The number of methoxy groups -OCH3 is 1. The third-order valence-corrected chi connectivity index (χ3v) is 5.74. The zero-order valence-electron chi connectivity index (χ0n) is 19.2. The summed E-state index contributed by atoms with van der Waals surface area (Å²) in [7, 11) is 1.64. The van der Waals surface area contributed by atoms with Crippen molar-refractivity contribution in [2.75, 3.05) is 7.11 Å². The van der Waals surface area contributed by atoms with Gasteiger partial charge in [0.25, 0.3) is 11.8 Å². The normalized spacial score (nSPS) is 10.8. The number of ether oxygens (including phenoxy) is 1. The van der Waals surface area contributed by atoms with Gasteiger partial charge in [0.05, 0.1) is 12.7 Å². The topological polar surface area (TPSA) is 72.4 Å². The molecule has 6 nitrogen and oxygen atoms in total. The molecule has 0 aliphatic heterocycles. The molecular weight excluding hydrogens is 414 g/mol. The Hall–Kier alpha value is -4.06. The molecule has 4 rings (SSSR count). The molecule has 168 valence electrons. The van der Waals surface area contributed by atoms with E-state index in [1.165, 1.54) is 0 Å². The highest BCUT2D eigenvalue weighted by Gasteiger charge is 2.18. The van der Waals surface area contributed by atoms with Gasteiger partial charge in [0.15, 0.2) is 0 Å². The van der Waals surface area contributed by atoms with Crippen molar-refractivity contribution < 1.29 is 14.3 Å². The van der Waals surface area contributed by atoms with E-state index in [4.69, 9.17) is 4.74 Å². The van der Waals surface area contributed by atoms with Crippen LogP contribution in [0.4, 0.5) is 0 Å². The summed E-state index contributed by atoms with van der Waals surface area (Å²) in [5.41, 5.74) is 11.1. The lowest BCUT2D eigenvalue weighted by atomic mass is 9.99. The Balaban J connectivity index is 1.55. The number of benzene rings is 3. The fourth-order valence-electron chi connectivity index (χ4n) is 4.27. The van der Waals surface area contributed by atoms with E-state index in [0.29, 0.717) is 17.7 Å². The van der Waals surface area contributed by atoms with E-state index in [-0.39, 0.29) is 11.8 Å². The van der Waals surface area contributed by atoms with Gasteiger partial charge in [-0.05, 0) is 55.7 Å². The summed E-state index contributed by atoms with van der Waals surface area (Å²) in [5, 5.41) is 0.820. The molecule has 0 radical (unpaired) electrons. The number of nitrogens with zero attached hydrogens (tertiary/aromatic N) is 1. The molecule has 1 heterocycles. The van der Waals surface area contributed by atoms with E-state index < -0.39 is 0 Å². The molecule has 0 spiro atoms. The van der Waals surface area contributed by atoms with Crippen molar-refractivity contribution in [2.24, 2.45) is 0 Å². The predicted molar refractivity (Wildman–Crippen MR) is 130 cm³/mol. The number of rotatable bonds is 5.